The largest absolute Gasteiger partial charge is 0.351 e. The van der Waals surface area contributed by atoms with Crippen molar-refractivity contribution in [2.24, 2.45) is 0 Å². The van der Waals surface area contributed by atoms with E-state index in [1.54, 1.807) is 4.68 Å². The molecule has 0 bridgehead atoms. The van der Waals surface area contributed by atoms with Crippen molar-refractivity contribution in [1.82, 2.24) is 30.3 Å². The summed E-state index contributed by atoms with van der Waals surface area (Å²) in [6.07, 6.45) is 0.841. The summed E-state index contributed by atoms with van der Waals surface area (Å²) >= 11 is 7.74. The number of halogens is 1. The Morgan fingerprint density at radius 3 is 2.55 bits per heavy atom. The number of nitrogens with zero attached hydrogens (tertiary/aromatic N) is 5. The molecule has 0 spiro atoms. The van der Waals surface area contributed by atoms with E-state index in [4.69, 9.17) is 11.6 Å². The lowest BCUT2D eigenvalue weighted by Gasteiger charge is -2.10. The van der Waals surface area contributed by atoms with Crippen LogP contribution in [0, 0.1) is 20.8 Å². The van der Waals surface area contributed by atoms with Crippen molar-refractivity contribution in [3.8, 4) is 5.69 Å². The average molecular weight is 431 g/mol. The third kappa shape index (κ3) is 5.13. The normalized spacial score (nSPS) is 10.9. The van der Waals surface area contributed by atoms with Crippen molar-refractivity contribution in [2.45, 2.75) is 45.0 Å². The third-order valence-electron chi connectivity index (χ3n) is 4.21. The van der Waals surface area contributed by atoms with E-state index in [-0.39, 0.29) is 5.91 Å². The van der Waals surface area contributed by atoms with Crippen LogP contribution in [0.4, 0.5) is 0 Å². The van der Waals surface area contributed by atoms with Crippen LogP contribution in [0.1, 0.15) is 46.5 Å². The van der Waals surface area contributed by atoms with Crippen molar-refractivity contribution in [1.29, 1.82) is 0 Å². The Hall–Kier alpha value is -2.45. The van der Waals surface area contributed by atoms with Gasteiger partial charge in [0.15, 0.2) is 10.9 Å². The van der Waals surface area contributed by atoms with Gasteiger partial charge in [-0.05, 0) is 51.0 Å². The van der Waals surface area contributed by atoms with Crippen LogP contribution in [-0.2, 0) is 5.75 Å². The lowest BCUT2D eigenvalue weighted by Crippen LogP contribution is -2.25. The first-order chi connectivity index (χ1) is 13.9. The molecule has 152 valence electrons. The number of nitrogens with one attached hydrogen (secondary N) is 1. The fourth-order valence-corrected chi connectivity index (χ4v) is 3.86. The molecule has 9 heteroatoms. The Bertz CT molecular complexity index is 1020. The molecule has 0 saturated heterocycles. The smallest absolute Gasteiger partial charge is 0.273 e. The summed E-state index contributed by atoms with van der Waals surface area (Å²) in [5.41, 5.74) is 4.49. The topological polar surface area (TPSA) is 85.6 Å². The van der Waals surface area contributed by atoms with Gasteiger partial charge in [-0.15, -0.1) is 5.10 Å². The zero-order valence-electron chi connectivity index (χ0n) is 16.9. The van der Waals surface area contributed by atoms with Gasteiger partial charge in [-0.2, -0.15) is 0 Å². The summed E-state index contributed by atoms with van der Waals surface area (Å²) in [6, 6.07) is 7.57. The Morgan fingerprint density at radius 2 is 1.90 bits per heavy atom. The van der Waals surface area contributed by atoms with Gasteiger partial charge < -0.3 is 5.32 Å². The van der Waals surface area contributed by atoms with Crippen molar-refractivity contribution >= 4 is 29.3 Å². The summed E-state index contributed by atoms with van der Waals surface area (Å²) in [7, 11) is 0. The van der Waals surface area contributed by atoms with Crippen molar-refractivity contribution in [3.05, 3.63) is 57.6 Å². The van der Waals surface area contributed by atoms with Gasteiger partial charge in [0.05, 0.1) is 11.4 Å². The fraction of sp³-hybridized carbons (Fsp3) is 0.350. The molecule has 3 rings (SSSR count). The predicted molar refractivity (Wildman–Crippen MR) is 115 cm³/mol. The van der Waals surface area contributed by atoms with Gasteiger partial charge in [-0.1, -0.05) is 41.6 Å². The van der Waals surface area contributed by atoms with E-state index < -0.39 is 0 Å². The van der Waals surface area contributed by atoms with Gasteiger partial charge in [0.1, 0.15) is 0 Å². The van der Waals surface area contributed by atoms with E-state index in [0.29, 0.717) is 33.9 Å². The summed E-state index contributed by atoms with van der Waals surface area (Å²) < 4.78 is 1.65. The molecule has 1 aromatic carbocycles. The van der Waals surface area contributed by atoms with E-state index in [9.17, 15) is 4.79 Å². The van der Waals surface area contributed by atoms with Crippen LogP contribution < -0.4 is 5.32 Å². The first-order valence-corrected chi connectivity index (χ1v) is 10.7. The average Bonchev–Trinajstić information content (AvgIpc) is 3.10. The molecule has 1 amide bonds. The van der Waals surface area contributed by atoms with Gasteiger partial charge in [-0.3, -0.25) is 4.79 Å². The molecular weight excluding hydrogens is 408 g/mol. The number of aryl methyl sites for hydroxylation is 3. The highest BCUT2D eigenvalue weighted by atomic mass is 35.5. The second-order valence-electron chi connectivity index (χ2n) is 6.71. The molecule has 1 N–H and O–H groups in total. The molecule has 3 aromatic rings. The van der Waals surface area contributed by atoms with Gasteiger partial charge >= 0.3 is 0 Å². The zero-order valence-corrected chi connectivity index (χ0v) is 18.4. The standard InChI is InChI=1S/C20H23ClN6OS/c1-5-8-22-19(28)18-17(11-29-20-23-13(3)9-14(4)24-20)27(26-25-18)15-7-6-12(2)16(21)10-15/h6-7,9-10H,5,8,11H2,1-4H3,(H,22,28). The number of hydrogen-bond donors (Lipinski definition) is 1. The lowest BCUT2D eigenvalue weighted by molar-refractivity contribution is 0.0948. The van der Waals surface area contributed by atoms with Crippen molar-refractivity contribution < 1.29 is 4.79 Å². The van der Waals surface area contributed by atoms with Crippen molar-refractivity contribution in [2.75, 3.05) is 6.54 Å². The van der Waals surface area contributed by atoms with E-state index in [1.165, 1.54) is 11.8 Å². The van der Waals surface area contributed by atoms with E-state index in [0.717, 1.165) is 29.1 Å². The number of benzene rings is 1. The molecule has 0 saturated carbocycles. The maximum atomic E-state index is 12.6. The minimum atomic E-state index is -0.242. The third-order valence-corrected chi connectivity index (χ3v) is 5.48. The Labute approximate surface area is 179 Å². The van der Waals surface area contributed by atoms with Crippen LogP contribution in [0.5, 0.6) is 0 Å². The molecule has 0 atom stereocenters. The van der Waals surface area contributed by atoms with Crippen molar-refractivity contribution in [3.63, 3.8) is 0 Å². The molecule has 29 heavy (non-hydrogen) atoms. The Kier molecular flexibility index (Phi) is 6.87. The van der Waals surface area contributed by atoms with E-state index in [2.05, 4.69) is 25.6 Å². The van der Waals surface area contributed by atoms with E-state index >= 15 is 0 Å². The Balaban J connectivity index is 1.97. The minimum absolute atomic E-state index is 0.242. The highest BCUT2D eigenvalue weighted by Gasteiger charge is 2.21. The van der Waals surface area contributed by atoms with Crippen LogP contribution in [-0.4, -0.2) is 37.4 Å². The molecular formula is C20H23ClN6OS. The highest BCUT2D eigenvalue weighted by Crippen LogP contribution is 2.25. The van der Waals surface area contributed by atoms with Crippen LogP contribution >= 0.6 is 23.4 Å². The van der Waals surface area contributed by atoms with Crippen LogP contribution in [0.15, 0.2) is 29.4 Å². The zero-order chi connectivity index (χ0) is 21.0. The van der Waals surface area contributed by atoms with Crippen LogP contribution in [0.2, 0.25) is 5.02 Å². The molecule has 2 aromatic heterocycles. The van der Waals surface area contributed by atoms with Gasteiger partial charge in [0, 0.05) is 28.7 Å². The molecule has 0 unspecified atom stereocenters. The summed E-state index contributed by atoms with van der Waals surface area (Å²) in [6.45, 7) is 8.38. The number of rotatable bonds is 7. The van der Waals surface area contributed by atoms with Crippen LogP contribution in [0.25, 0.3) is 5.69 Å². The SMILES string of the molecule is CCCNC(=O)c1nnn(-c2ccc(C)c(Cl)c2)c1CSc1nc(C)cc(C)n1. The number of aromatic nitrogens is 5. The number of carbonyl (C=O) groups is 1. The van der Waals surface area contributed by atoms with Gasteiger partial charge in [-0.25, -0.2) is 14.6 Å². The lowest BCUT2D eigenvalue weighted by atomic mass is 10.2. The molecule has 0 radical (unpaired) electrons. The molecule has 0 aliphatic rings. The Morgan fingerprint density at radius 1 is 1.17 bits per heavy atom. The second kappa shape index (κ2) is 9.37. The quantitative estimate of drug-likeness (QED) is 0.449. The number of carbonyl (C=O) groups excluding carboxylic acids is 1. The van der Waals surface area contributed by atoms with Gasteiger partial charge in [0.2, 0.25) is 0 Å². The molecule has 7 nitrogen and oxygen atoms in total. The van der Waals surface area contributed by atoms with E-state index in [1.807, 2.05) is 52.0 Å². The maximum Gasteiger partial charge on any atom is 0.273 e. The molecule has 0 fully saturated rings. The second-order valence-corrected chi connectivity index (χ2v) is 8.06. The molecule has 0 aliphatic heterocycles. The number of thioether (sulfide) groups is 1. The minimum Gasteiger partial charge on any atom is -0.351 e. The van der Waals surface area contributed by atoms with Crippen LogP contribution in [0.3, 0.4) is 0 Å². The fourth-order valence-electron chi connectivity index (χ4n) is 2.74. The first kappa shape index (κ1) is 21.3. The molecule has 2 heterocycles. The maximum absolute atomic E-state index is 12.6. The summed E-state index contributed by atoms with van der Waals surface area (Å²) in [5.74, 6) is 0.198. The monoisotopic (exact) mass is 430 g/mol. The number of hydrogen-bond acceptors (Lipinski definition) is 6. The number of amides is 1. The summed E-state index contributed by atoms with van der Waals surface area (Å²) in [5, 5.41) is 12.5. The predicted octanol–water partition coefficient (Wildman–Crippen LogP) is 4.07. The molecule has 0 aliphatic carbocycles. The van der Waals surface area contributed by atoms with Gasteiger partial charge in [0.25, 0.3) is 5.91 Å². The summed E-state index contributed by atoms with van der Waals surface area (Å²) in [4.78, 5) is 21.5. The highest BCUT2D eigenvalue weighted by molar-refractivity contribution is 7.98. The first-order valence-electron chi connectivity index (χ1n) is 9.33.